The summed E-state index contributed by atoms with van der Waals surface area (Å²) in [4.78, 5) is 31.2. The molecular formula is C18H23N3O3. The summed E-state index contributed by atoms with van der Waals surface area (Å²) in [5, 5.41) is 0. The largest absolute Gasteiger partial charge is 0.466 e. The summed E-state index contributed by atoms with van der Waals surface area (Å²) < 4.78 is 6.95. The number of esters is 1. The van der Waals surface area contributed by atoms with E-state index in [4.69, 9.17) is 4.74 Å². The lowest BCUT2D eigenvalue weighted by atomic mass is 9.96. The Bertz CT molecular complexity index is 745. The molecule has 0 N–H and O–H groups in total. The van der Waals surface area contributed by atoms with Crippen molar-refractivity contribution < 1.29 is 14.3 Å². The molecule has 2 aromatic rings. The van der Waals surface area contributed by atoms with Gasteiger partial charge in [-0.15, -0.1) is 0 Å². The Kier molecular flexibility index (Phi) is 4.83. The molecule has 1 aliphatic rings. The maximum absolute atomic E-state index is 13.0. The molecular weight excluding hydrogens is 306 g/mol. The highest BCUT2D eigenvalue weighted by atomic mass is 16.5. The Hall–Kier alpha value is -2.37. The Morgan fingerprint density at radius 2 is 2.00 bits per heavy atom. The van der Waals surface area contributed by atoms with Gasteiger partial charge in [-0.3, -0.25) is 14.0 Å². The van der Waals surface area contributed by atoms with Gasteiger partial charge in [0.05, 0.1) is 18.2 Å². The second-order valence-electron chi connectivity index (χ2n) is 6.01. The molecule has 1 fully saturated rings. The first-order chi connectivity index (χ1) is 11.7. The zero-order valence-electron chi connectivity index (χ0n) is 14.2. The summed E-state index contributed by atoms with van der Waals surface area (Å²) in [7, 11) is 0. The SMILES string of the molecule is CCOC(=O)C1CCN(C(=O)c2c(CC)nc3ccccn23)CC1. The number of carbonyl (C=O) groups is 2. The number of fused-ring (bicyclic) bond motifs is 1. The number of hydrogen-bond acceptors (Lipinski definition) is 4. The molecule has 0 aromatic carbocycles. The number of imidazole rings is 1. The molecule has 3 rings (SSSR count). The van der Waals surface area contributed by atoms with E-state index in [0.29, 0.717) is 44.7 Å². The van der Waals surface area contributed by atoms with Crippen LogP contribution in [0.1, 0.15) is 42.9 Å². The zero-order valence-corrected chi connectivity index (χ0v) is 14.2. The molecule has 0 bridgehead atoms. The molecule has 0 aliphatic carbocycles. The second-order valence-corrected chi connectivity index (χ2v) is 6.01. The van der Waals surface area contributed by atoms with Crippen molar-refractivity contribution in [3.63, 3.8) is 0 Å². The van der Waals surface area contributed by atoms with Crippen LogP contribution in [0.4, 0.5) is 0 Å². The van der Waals surface area contributed by atoms with Crippen molar-refractivity contribution in [3.05, 3.63) is 35.8 Å². The number of carbonyl (C=O) groups excluding carboxylic acids is 2. The smallest absolute Gasteiger partial charge is 0.309 e. The molecule has 2 aromatic heterocycles. The number of aryl methyl sites for hydroxylation is 1. The lowest BCUT2D eigenvalue weighted by Gasteiger charge is -2.30. The first kappa shape index (κ1) is 16.5. The number of nitrogens with zero attached hydrogens (tertiary/aromatic N) is 3. The summed E-state index contributed by atoms with van der Waals surface area (Å²) in [6.45, 7) is 5.37. The molecule has 0 radical (unpaired) electrons. The molecule has 0 atom stereocenters. The summed E-state index contributed by atoms with van der Waals surface area (Å²) in [6.07, 6.45) is 3.90. The van der Waals surface area contributed by atoms with Crippen molar-refractivity contribution in [2.75, 3.05) is 19.7 Å². The van der Waals surface area contributed by atoms with Crippen LogP contribution in [0.3, 0.4) is 0 Å². The normalized spacial score (nSPS) is 15.7. The third-order valence-corrected chi connectivity index (χ3v) is 4.54. The average molecular weight is 329 g/mol. The number of amides is 1. The van der Waals surface area contributed by atoms with Crippen molar-refractivity contribution in [2.24, 2.45) is 5.92 Å². The van der Waals surface area contributed by atoms with Crippen LogP contribution in [0, 0.1) is 5.92 Å². The van der Waals surface area contributed by atoms with Crippen LogP contribution in [-0.4, -0.2) is 45.9 Å². The highest BCUT2D eigenvalue weighted by Crippen LogP contribution is 2.22. The summed E-state index contributed by atoms with van der Waals surface area (Å²) in [6, 6.07) is 5.72. The molecule has 0 spiro atoms. The first-order valence-corrected chi connectivity index (χ1v) is 8.57. The third kappa shape index (κ3) is 3.00. The van der Waals surface area contributed by atoms with Gasteiger partial charge in [0.15, 0.2) is 0 Å². The minimum absolute atomic E-state index is 0.00661. The molecule has 0 unspecified atom stereocenters. The molecule has 6 nitrogen and oxygen atoms in total. The molecule has 6 heteroatoms. The van der Waals surface area contributed by atoms with Gasteiger partial charge in [-0.05, 0) is 38.3 Å². The number of hydrogen-bond donors (Lipinski definition) is 0. The number of piperidine rings is 1. The van der Waals surface area contributed by atoms with Gasteiger partial charge in [-0.2, -0.15) is 0 Å². The quantitative estimate of drug-likeness (QED) is 0.808. The standard InChI is InChI=1S/C18H23N3O3/c1-3-14-16(21-10-6-5-7-15(21)19-14)17(22)20-11-8-13(9-12-20)18(23)24-4-2/h5-7,10,13H,3-4,8-9,11-12H2,1-2H3. The minimum Gasteiger partial charge on any atom is -0.466 e. The van der Waals surface area contributed by atoms with Crippen molar-refractivity contribution in [3.8, 4) is 0 Å². The van der Waals surface area contributed by atoms with E-state index in [0.717, 1.165) is 11.3 Å². The fraction of sp³-hybridized carbons (Fsp3) is 0.500. The number of likely N-dealkylation sites (tertiary alicyclic amines) is 1. The van der Waals surface area contributed by atoms with Crippen molar-refractivity contribution >= 4 is 17.5 Å². The van der Waals surface area contributed by atoms with Crippen molar-refractivity contribution in [2.45, 2.75) is 33.1 Å². The van der Waals surface area contributed by atoms with Gasteiger partial charge in [-0.25, -0.2) is 4.98 Å². The molecule has 128 valence electrons. The minimum atomic E-state index is -0.145. The summed E-state index contributed by atoms with van der Waals surface area (Å²) in [5.74, 6) is -0.247. The van der Waals surface area contributed by atoms with Crippen LogP contribution in [0.2, 0.25) is 0 Å². The lowest BCUT2D eigenvalue weighted by molar-refractivity contribution is -0.149. The van der Waals surface area contributed by atoms with Gasteiger partial charge in [0.2, 0.25) is 0 Å². The Labute approximate surface area is 141 Å². The molecule has 0 saturated carbocycles. The highest BCUT2D eigenvalue weighted by Gasteiger charge is 2.30. The van der Waals surface area contributed by atoms with Gasteiger partial charge in [0, 0.05) is 19.3 Å². The number of aromatic nitrogens is 2. The van der Waals surface area contributed by atoms with Gasteiger partial charge in [-0.1, -0.05) is 13.0 Å². The third-order valence-electron chi connectivity index (χ3n) is 4.54. The molecule has 24 heavy (non-hydrogen) atoms. The first-order valence-electron chi connectivity index (χ1n) is 8.57. The van der Waals surface area contributed by atoms with Crippen molar-refractivity contribution in [1.29, 1.82) is 0 Å². The second kappa shape index (κ2) is 7.03. The van der Waals surface area contributed by atoms with Crippen LogP contribution in [0.5, 0.6) is 0 Å². The maximum Gasteiger partial charge on any atom is 0.309 e. The lowest BCUT2D eigenvalue weighted by Crippen LogP contribution is -2.41. The fourth-order valence-corrected chi connectivity index (χ4v) is 3.25. The molecule has 1 saturated heterocycles. The van der Waals surface area contributed by atoms with Crippen LogP contribution >= 0.6 is 0 Å². The predicted octanol–water partition coefficient (Wildman–Crippen LogP) is 2.31. The van der Waals surface area contributed by atoms with Crippen LogP contribution in [0.15, 0.2) is 24.4 Å². The molecule has 3 heterocycles. The van der Waals surface area contributed by atoms with Crippen LogP contribution in [0.25, 0.3) is 5.65 Å². The van der Waals surface area contributed by atoms with E-state index < -0.39 is 0 Å². The predicted molar refractivity (Wildman–Crippen MR) is 89.8 cm³/mol. The number of pyridine rings is 1. The van der Waals surface area contributed by atoms with Gasteiger partial charge >= 0.3 is 5.97 Å². The Morgan fingerprint density at radius 1 is 1.25 bits per heavy atom. The fourth-order valence-electron chi connectivity index (χ4n) is 3.25. The molecule has 1 aliphatic heterocycles. The molecule has 1 amide bonds. The van der Waals surface area contributed by atoms with E-state index in [9.17, 15) is 9.59 Å². The van der Waals surface area contributed by atoms with Gasteiger partial charge in [0.1, 0.15) is 11.3 Å². The van der Waals surface area contributed by atoms with E-state index in [-0.39, 0.29) is 17.8 Å². The summed E-state index contributed by atoms with van der Waals surface area (Å²) >= 11 is 0. The Balaban J connectivity index is 1.78. The van der Waals surface area contributed by atoms with Gasteiger partial charge in [0.25, 0.3) is 5.91 Å². The van der Waals surface area contributed by atoms with E-state index in [1.54, 1.807) is 0 Å². The summed E-state index contributed by atoms with van der Waals surface area (Å²) in [5.41, 5.74) is 2.25. The van der Waals surface area contributed by atoms with E-state index in [2.05, 4.69) is 4.98 Å². The highest BCUT2D eigenvalue weighted by molar-refractivity contribution is 5.95. The number of ether oxygens (including phenoxy) is 1. The van der Waals surface area contributed by atoms with Crippen molar-refractivity contribution in [1.82, 2.24) is 14.3 Å². The zero-order chi connectivity index (χ0) is 17.1. The topological polar surface area (TPSA) is 63.9 Å². The van der Waals surface area contributed by atoms with Crippen LogP contribution in [-0.2, 0) is 16.0 Å². The monoisotopic (exact) mass is 329 g/mol. The average Bonchev–Trinajstić information content (AvgIpc) is 3.00. The van der Waals surface area contributed by atoms with Gasteiger partial charge < -0.3 is 9.64 Å². The number of rotatable bonds is 4. The van der Waals surface area contributed by atoms with E-state index in [1.165, 1.54) is 0 Å². The Morgan fingerprint density at radius 3 is 2.67 bits per heavy atom. The van der Waals surface area contributed by atoms with E-state index >= 15 is 0 Å². The van der Waals surface area contributed by atoms with E-state index in [1.807, 2.05) is 47.5 Å². The van der Waals surface area contributed by atoms with Crippen LogP contribution < -0.4 is 0 Å². The maximum atomic E-state index is 13.0.